The van der Waals surface area contributed by atoms with Gasteiger partial charge in [0.2, 0.25) is 5.89 Å². The summed E-state index contributed by atoms with van der Waals surface area (Å²) < 4.78 is 11.7. The van der Waals surface area contributed by atoms with Gasteiger partial charge in [0, 0.05) is 18.7 Å². The fraction of sp³-hybridized carbons (Fsp3) is 0.333. The molecule has 0 saturated carbocycles. The Bertz CT molecular complexity index is 984. The molecule has 30 heavy (non-hydrogen) atoms. The molecule has 1 aliphatic heterocycles. The number of morpholine rings is 1. The van der Waals surface area contributed by atoms with Gasteiger partial charge in [-0.15, -0.1) is 0 Å². The highest BCUT2D eigenvalue weighted by Gasteiger charge is 2.25. The number of guanidine groups is 1. The van der Waals surface area contributed by atoms with Crippen molar-refractivity contribution in [3.05, 3.63) is 77.7 Å². The number of benzene rings is 2. The molecule has 2 heterocycles. The Balaban J connectivity index is 1.47. The highest BCUT2D eigenvalue weighted by atomic mass is 16.5. The first-order chi connectivity index (χ1) is 14.7. The van der Waals surface area contributed by atoms with Gasteiger partial charge in [-0.2, -0.15) is 0 Å². The molecule has 1 fully saturated rings. The maximum atomic E-state index is 6.07. The maximum absolute atomic E-state index is 6.07. The number of nitrogens with one attached hydrogen (secondary N) is 1. The summed E-state index contributed by atoms with van der Waals surface area (Å²) in [6.45, 7) is 7.73. The predicted molar refractivity (Wildman–Crippen MR) is 118 cm³/mol. The molecule has 4 rings (SSSR count). The topological polar surface area (TPSA) is 62.9 Å². The molecule has 156 valence electrons. The molecule has 3 aromatic rings. The summed E-state index contributed by atoms with van der Waals surface area (Å²) >= 11 is 0. The molecule has 0 amide bonds. The molecule has 1 unspecified atom stereocenters. The lowest BCUT2D eigenvalue weighted by Gasteiger charge is -2.35. The minimum atomic E-state index is 0.0422. The molecular formula is C24H28N4O2. The molecule has 0 radical (unpaired) electrons. The largest absolute Gasteiger partial charge is 0.444 e. The third-order valence-electron chi connectivity index (χ3n) is 5.20. The molecule has 0 spiro atoms. The van der Waals surface area contributed by atoms with E-state index < -0.39 is 0 Å². The molecule has 6 heteroatoms. The standard InChI is InChI=1S/C24H28N4O2/c1-3-25-24(26-15-20-17-30-23(27-20)19-10-5-4-6-11-19)28-13-14-29-22(16-28)21-12-8-7-9-18(21)2/h4-12,17,22H,3,13-16H2,1-2H3,(H,25,26). The summed E-state index contributed by atoms with van der Waals surface area (Å²) in [7, 11) is 0. The summed E-state index contributed by atoms with van der Waals surface area (Å²) in [5.74, 6) is 1.50. The number of ether oxygens (including phenoxy) is 1. The number of hydrogen-bond acceptors (Lipinski definition) is 4. The molecule has 1 aromatic heterocycles. The smallest absolute Gasteiger partial charge is 0.226 e. The third kappa shape index (κ3) is 4.71. The van der Waals surface area contributed by atoms with Crippen molar-refractivity contribution in [2.75, 3.05) is 26.2 Å². The highest BCUT2D eigenvalue weighted by Crippen LogP contribution is 2.25. The average molecular weight is 405 g/mol. The Morgan fingerprint density at radius 3 is 2.77 bits per heavy atom. The van der Waals surface area contributed by atoms with Gasteiger partial charge >= 0.3 is 0 Å². The zero-order valence-electron chi connectivity index (χ0n) is 17.5. The lowest BCUT2D eigenvalue weighted by molar-refractivity contribution is -0.00834. The van der Waals surface area contributed by atoms with E-state index in [4.69, 9.17) is 14.1 Å². The van der Waals surface area contributed by atoms with Gasteiger partial charge < -0.3 is 19.4 Å². The number of aromatic nitrogens is 1. The predicted octanol–water partition coefficient (Wildman–Crippen LogP) is 4.19. The first-order valence-electron chi connectivity index (χ1n) is 10.4. The van der Waals surface area contributed by atoms with Crippen molar-refractivity contribution < 1.29 is 9.15 Å². The molecule has 1 saturated heterocycles. The fourth-order valence-corrected chi connectivity index (χ4v) is 3.65. The van der Waals surface area contributed by atoms with E-state index in [2.05, 4.69) is 53.3 Å². The van der Waals surface area contributed by atoms with Crippen LogP contribution < -0.4 is 5.32 Å². The van der Waals surface area contributed by atoms with E-state index in [1.165, 1.54) is 11.1 Å². The summed E-state index contributed by atoms with van der Waals surface area (Å²) in [5, 5.41) is 3.41. The monoisotopic (exact) mass is 404 g/mol. The molecule has 6 nitrogen and oxygen atoms in total. The lowest BCUT2D eigenvalue weighted by Crippen LogP contribution is -2.48. The average Bonchev–Trinajstić information content (AvgIpc) is 3.27. The van der Waals surface area contributed by atoms with Gasteiger partial charge in [-0.3, -0.25) is 0 Å². The number of oxazole rings is 1. The van der Waals surface area contributed by atoms with Gasteiger partial charge in [-0.25, -0.2) is 9.98 Å². The quantitative estimate of drug-likeness (QED) is 0.510. The summed E-state index contributed by atoms with van der Waals surface area (Å²) in [6, 6.07) is 18.3. The van der Waals surface area contributed by atoms with Crippen molar-refractivity contribution in [2.24, 2.45) is 4.99 Å². The van der Waals surface area contributed by atoms with Gasteiger partial charge in [-0.05, 0) is 37.1 Å². The van der Waals surface area contributed by atoms with E-state index in [0.29, 0.717) is 19.0 Å². The number of aryl methyl sites for hydroxylation is 1. The second-order valence-corrected chi connectivity index (χ2v) is 7.34. The Morgan fingerprint density at radius 1 is 1.17 bits per heavy atom. The van der Waals surface area contributed by atoms with Crippen molar-refractivity contribution in [1.29, 1.82) is 0 Å². The second kappa shape index (κ2) is 9.59. The third-order valence-corrected chi connectivity index (χ3v) is 5.20. The molecule has 0 bridgehead atoms. The maximum Gasteiger partial charge on any atom is 0.226 e. The van der Waals surface area contributed by atoms with Crippen LogP contribution in [0.2, 0.25) is 0 Å². The Labute approximate surface area is 177 Å². The zero-order valence-corrected chi connectivity index (χ0v) is 17.5. The minimum absolute atomic E-state index is 0.0422. The van der Waals surface area contributed by atoms with Gasteiger partial charge in [-0.1, -0.05) is 42.5 Å². The summed E-state index contributed by atoms with van der Waals surface area (Å²) in [5.41, 5.74) is 4.27. The molecule has 1 N–H and O–H groups in total. The van der Waals surface area contributed by atoms with Gasteiger partial charge in [0.15, 0.2) is 5.96 Å². The number of rotatable bonds is 5. The van der Waals surface area contributed by atoms with Gasteiger partial charge in [0.05, 0.1) is 19.7 Å². The Morgan fingerprint density at radius 2 is 1.97 bits per heavy atom. The van der Waals surface area contributed by atoms with Crippen molar-refractivity contribution >= 4 is 5.96 Å². The number of hydrogen-bond donors (Lipinski definition) is 1. The highest BCUT2D eigenvalue weighted by molar-refractivity contribution is 5.80. The number of aliphatic imine (C=N–C) groups is 1. The van der Waals surface area contributed by atoms with E-state index in [1.807, 2.05) is 30.3 Å². The first-order valence-corrected chi connectivity index (χ1v) is 10.4. The van der Waals surface area contributed by atoms with Crippen molar-refractivity contribution in [2.45, 2.75) is 26.5 Å². The van der Waals surface area contributed by atoms with Gasteiger partial charge in [0.1, 0.15) is 18.1 Å². The fourth-order valence-electron chi connectivity index (χ4n) is 3.65. The normalized spacial score (nSPS) is 17.2. The van der Waals surface area contributed by atoms with Crippen molar-refractivity contribution in [3.8, 4) is 11.5 Å². The molecule has 0 aliphatic carbocycles. The van der Waals surface area contributed by atoms with Crippen molar-refractivity contribution in [3.63, 3.8) is 0 Å². The Hall–Kier alpha value is -3.12. The van der Waals surface area contributed by atoms with Crippen LogP contribution >= 0.6 is 0 Å². The molecule has 2 aromatic carbocycles. The minimum Gasteiger partial charge on any atom is -0.444 e. The van der Waals surface area contributed by atoms with E-state index in [1.54, 1.807) is 6.26 Å². The number of nitrogens with zero attached hydrogens (tertiary/aromatic N) is 3. The molecular weight excluding hydrogens is 376 g/mol. The van der Waals surface area contributed by atoms with E-state index >= 15 is 0 Å². The van der Waals surface area contributed by atoms with E-state index in [-0.39, 0.29) is 6.10 Å². The Kier molecular flexibility index (Phi) is 6.44. The lowest BCUT2D eigenvalue weighted by atomic mass is 10.0. The van der Waals surface area contributed by atoms with Crippen LogP contribution in [0.1, 0.15) is 29.8 Å². The van der Waals surface area contributed by atoms with Crippen LogP contribution in [0.25, 0.3) is 11.5 Å². The van der Waals surface area contributed by atoms with Crippen LogP contribution in [-0.2, 0) is 11.3 Å². The zero-order chi connectivity index (χ0) is 20.8. The van der Waals surface area contributed by atoms with Crippen LogP contribution in [0.15, 0.2) is 70.3 Å². The van der Waals surface area contributed by atoms with Crippen LogP contribution in [-0.4, -0.2) is 42.1 Å². The van der Waals surface area contributed by atoms with Crippen LogP contribution in [0.3, 0.4) is 0 Å². The SMILES string of the molecule is CCNC(=NCc1coc(-c2ccccc2)n1)N1CCOC(c2ccccc2C)C1. The summed E-state index contributed by atoms with van der Waals surface area (Å²) in [6.07, 6.45) is 1.73. The summed E-state index contributed by atoms with van der Waals surface area (Å²) in [4.78, 5) is 11.7. The van der Waals surface area contributed by atoms with E-state index in [9.17, 15) is 0 Å². The first kappa shape index (κ1) is 20.2. The molecule has 1 aliphatic rings. The van der Waals surface area contributed by atoms with Crippen LogP contribution in [0, 0.1) is 6.92 Å². The van der Waals surface area contributed by atoms with E-state index in [0.717, 1.165) is 36.9 Å². The van der Waals surface area contributed by atoms with Gasteiger partial charge in [0.25, 0.3) is 0 Å². The van der Waals surface area contributed by atoms with Crippen LogP contribution in [0.4, 0.5) is 0 Å². The second-order valence-electron chi connectivity index (χ2n) is 7.34. The molecule has 1 atom stereocenters. The van der Waals surface area contributed by atoms with Crippen molar-refractivity contribution in [1.82, 2.24) is 15.2 Å². The van der Waals surface area contributed by atoms with Crippen LogP contribution in [0.5, 0.6) is 0 Å².